The molecule has 2 N–H and O–H groups in total. The van der Waals surface area contributed by atoms with Gasteiger partial charge in [0.15, 0.2) is 0 Å². The monoisotopic (exact) mass is 226 g/mol. The summed E-state index contributed by atoms with van der Waals surface area (Å²) in [4.78, 5) is 21.7. The topological polar surface area (TPSA) is 92.4 Å². The van der Waals surface area contributed by atoms with E-state index in [0.29, 0.717) is 17.0 Å². The standard InChI is InChI=1S/C10H14N2O4/c1-5-9(6(2)12(3)11-5)7(10(15)16)4-8(13)14/h7H,4H2,1-3H3,(H,13,14)(H,15,16). The number of rotatable bonds is 4. The molecule has 0 bridgehead atoms. The van der Waals surface area contributed by atoms with Crippen LogP contribution in [0.5, 0.6) is 0 Å². The van der Waals surface area contributed by atoms with Crippen molar-refractivity contribution in [2.24, 2.45) is 7.05 Å². The van der Waals surface area contributed by atoms with Crippen LogP contribution in [0.25, 0.3) is 0 Å². The van der Waals surface area contributed by atoms with Crippen LogP contribution in [0.1, 0.15) is 29.3 Å². The highest BCUT2D eigenvalue weighted by Crippen LogP contribution is 2.26. The number of carbonyl (C=O) groups is 2. The molecular weight excluding hydrogens is 212 g/mol. The first-order chi connectivity index (χ1) is 7.34. The third-order valence-corrected chi connectivity index (χ3v) is 2.59. The van der Waals surface area contributed by atoms with Crippen molar-refractivity contribution in [2.75, 3.05) is 0 Å². The van der Waals surface area contributed by atoms with E-state index in [4.69, 9.17) is 10.2 Å². The van der Waals surface area contributed by atoms with E-state index in [0.717, 1.165) is 0 Å². The van der Waals surface area contributed by atoms with Gasteiger partial charge in [-0.3, -0.25) is 14.3 Å². The van der Waals surface area contributed by atoms with Gasteiger partial charge in [-0.25, -0.2) is 0 Å². The molecule has 1 atom stereocenters. The first-order valence-electron chi connectivity index (χ1n) is 4.79. The zero-order chi connectivity index (χ0) is 12.5. The first kappa shape index (κ1) is 12.2. The Balaban J connectivity index is 3.20. The molecule has 6 nitrogen and oxygen atoms in total. The summed E-state index contributed by atoms with van der Waals surface area (Å²) >= 11 is 0. The SMILES string of the molecule is Cc1nn(C)c(C)c1C(CC(=O)O)C(=O)O. The number of nitrogens with zero attached hydrogens (tertiary/aromatic N) is 2. The minimum Gasteiger partial charge on any atom is -0.481 e. The van der Waals surface area contributed by atoms with E-state index in [1.807, 2.05) is 0 Å². The minimum absolute atomic E-state index is 0.428. The number of carboxylic acids is 2. The molecule has 0 saturated heterocycles. The molecule has 0 aromatic carbocycles. The fourth-order valence-electron chi connectivity index (χ4n) is 1.78. The molecule has 0 spiro atoms. The van der Waals surface area contributed by atoms with Crippen LogP contribution in [0.2, 0.25) is 0 Å². The molecule has 0 saturated carbocycles. The van der Waals surface area contributed by atoms with Crippen molar-refractivity contribution in [3.8, 4) is 0 Å². The summed E-state index contributed by atoms with van der Waals surface area (Å²) < 4.78 is 1.56. The van der Waals surface area contributed by atoms with Crippen molar-refractivity contribution < 1.29 is 19.8 Å². The molecule has 6 heteroatoms. The van der Waals surface area contributed by atoms with Gasteiger partial charge in [-0.2, -0.15) is 5.10 Å². The Hall–Kier alpha value is -1.85. The van der Waals surface area contributed by atoms with Crippen LogP contribution >= 0.6 is 0 Å². The Bertz CT molecular complexity index is 436. The Morgan fingerprint density at radius 3 is 2.25 bits per heavy atom. The van der Waals surface area contributed by atoms with Crippen LogP contribution in [-0.4, -0.2) is 31.9 Å². The number of hydrogen-bond donors (Lipinski definition) is 2. The highest BCUT2D eigenvalue weighted by Gasteiger charge is 2.28. The van der Waals surface area contributed by atoms with Crippen molar-refractivity contribution in [3.05, 3.63) is 17.0 Å². The zero-order valence-corrected chi connectivity index (χ0v) is 9.39. The van der Waals surface area contributed by atoms with Gasteiger partial charge in [0.2, 0.25) is 0 Å². The summed E-state index contributed by atoms with van der Waals surface area (Å²) in [5.41, 5.74) is 1.75. The largest absolute Gasteiger partial charge is 0.481 e. The lowest BCUT2D eigenvalue weighted by atomic mass is 9.94. The summed E-state index contributed by atoms with van der Waals surface area (Å²) in [7, 11) is 1.70. The van der Waals surface area contributed by atoms with Gasteiger partial charge >= 0.3 is 11.9 Å². The van der Waals surface area contributed by atoms with Gasteiger partial charge in [0.05, 0.1) is 18.0 Å². The summed E-state index contributed by atoms with van der Waals surface area (Å²) in [6.45, 7) is 3.41. The molecule has 0 fully saturated rings. The Morgan fingerprint density at radius 2 is 1.94 bits per heavy atom. The Morgan fingerprint density at radius 1 is 1.38 bits per heavy atom. The molecule has 1 heterocycles. The van der Waals surface area contributed by atoms with Crippen molar-refractivity contribution in [3.63, 3.8) is 0 Å². The van der Waals surface area contributed by atoms with E-state index in [-0.39, 0.29) is 0 Å². The zero-order valence-electron chi connectivity index (χ0n) is 9.39. The smallest absolute Gasteiger partial charge is 0.311 e. The maximum Gasteiger partial charge on any atom is 0.311 e. The lowest BCUT2D eigenvalue weighted by Crippen LogP contribution is -2.17. The number of aromatic nitrogens is 2. The summed E-state index contributed by atoms with van der Waals surface area (Å²) in [5.74, 6) is -3.30. The first-order valence-corrected chi connectivity index (χ1v) is 4.79. The molecule has 0 aliphatic heterocycles. The third kappa shape index (κ3) is 2.21. The fourth-order valence-corrected chi connectivity index (χ4v) is 1.78. The van der Waals surface area contributed by atoms with Crippen LogP contribution in [0.4, 0.5) is 0 Å². The number of aliphatic carboxylic acids is 2. The molecule has 1 aromatic heterocycles. The van der Waals surface area contributed by atoms with Gasteiger partial charge in [0.1, 0.15) is 0 Å². The average molecular weight is 226 g/mol. The summed E-state index contributed by atoms with van der Waals surface area (Å²) in [6.07, 6.45) is -0.428. The van der Waals surface area contributed by atoms with Crippen LogP contribution in [0, 0.1) is 13.8 Å². The maximum atomic E-state index is 11.0. The molecular formula is C10H14N2O4. The molecule has 1 aromatic rings. The number of hydrogen-bond acceptors (Lipinski definition) is 3. The molecule has 0 aliphatic carbocycles. The van der Waals surface area contributed by atoms with E-state index in [1.54, 1.807) is 25.6 Å². The predicted molar refractivity (Wildman–Crippen MR) is 55.3 cm³/mol. The number of aryl methyl sites for hydroxylation is 2. The van der Waals surface area contributed by atoms with Crippen molar-refractivity contribution >= 4 is 11.9 Å². The Labute approximate surface area is 92.5 Å². The van der Waals surface area contributed by atoms with E-state index in [9.17, 15) is 9.59 Å². The third-order valence-electron chi connectivity index (χ3n) is 2.59. The summed E-state index contributed by atoms with van der Waals surface area (Å²) in [5, 5.41) is 21.8. The molecule has 1 rings (SSSR count). The quantitative estimate of drug-likeness (QED) is 0.787. The van der Waals surface area contributed by atoms with Crippen molar-refractivity contribution in [1.29, 1.82) is 0 Å². The predicted octanol–water partition coefficient (Wildman–Crippen LogP) is 0.680. The molecule has 1 unspecified atom stereocenters. The van der Waals surface area contributed by atoms with Crippen LogP contribution in [-0.2, 0) is 16.6 Å². The van der Waals surface area contributed by atoms with Gasteiger partial charge in [-0.1, -0.05) is 0 Å². The van der Waals surface area contributed by atoms with E-state index in [1.165, 1.54) is 0 Å². The maximum absolute atomic E-state index is 11.0. The van der Waals surface area contributed by atoms with Crippen LogP contribution in [0.15, 0.2) is 0 Å². The van der Waals surface area contributed by atoms with E-state index < -0.39 is 24.3 Å². The molecule has 0 amide bonds. The van der Waals surface area contributed by atoms with Gasteiger partial charge in [0.25, 0.3) is 0 Å². The molecule has 0 aliphatic rings. The van der Waals surface area contributed by atoms with Crippen LogP contribution < -0.4 is 0 Å². The molecule has 16 heavy (non-hydrogen) atoms. The second-order valence-electron chi connectivity index (χ2n) is 3.70. The minimum atomic E-state index is -1.14. The Kier molecular flexibility index (Phi) is 3.31. The second-order valence-corrected chi connectivity index (χ2v) is 3.70. The fraction of sp³-hybridized carbons (Fsp3) is 0.500. The lowest BCUT2D eigenvalue weighted by Gasteiger charge is -2.10. The van der Waals surface area contributed by atoms with Crippen molar-refractivity contribution in [2.45, 2.75) is 26.2 Å². The van der Waals surface area contributed by atoms with E-state index in [2.05, 4.69) is 5.10 Å². The molecule has 88 valence electrons. The van der Waals surface area contributed by atoms with Gasteiger partial charge in [-0.05, 0) is 13.8 Å². The second kappa shape index (κ2) is 4.34. The molecule has 0 radical (unpaired) electrons. The lowest BCUT2D eigenvalue weighted by molar-refractivity contribution is -0.145. The van der Waals surface area contributed by atoms with E-state index >= 15 is 0 Å². The normalized spacial score (nSPS) is 12.4. The number of carboxylic acid groups (broad SMARTS) is 2. The highest BCUT2D eigenvalue weighted by atomic mass is 16.4. The van der Waals surface area contributed by atoms with Gasteiger partial charge in [0, 0.05) is 18.3 Å². The average Bonchev–Trinajstić information content (AvgIpc) is 2.38. The van der Waals surface area contributed by atoms with Gasteiger partial charge in [-0.15, -0.1) is 0 Å². The highest BCUT2D eigenvalue weighted by molar-refractivity contribution is 5.83. The van der Waals surface area contributed by atoms with Crippen LogP contribution in [0.3, 0.4) is 0 Å². The van der Waals surface area contributed by atoms with Crippen molar-refractivity contribution in [1.82, 2.24) is 9.78 Å². The summed E-state index contributed by atoms with van der Waals surface area (Å²) in [6, 6.07) is 0. The van der Waals surface area contributed by atoms with Gasteiger partial charge < -0.3 is 10.2 Å².